The Morgan fingerprint density at radius 1 is 1.11 bits per heavy atom. The van der Waals surface area contributed by atoms with E-state index in [-0.39, 0.29) is 0 Å². The second kappa shape index (κ2) is 5.33. The molecule has 0 unspecified atom stereocenters. The molecule has 2 nitrogen and oxygen atoms in total. The van der Waals surface area contributed by atoms with E-state index in [4.69, 9.17) is 4.98 Å². The normalized spacial score (nSPS) is 10.6. The fourth-order valence-corrected chi connectivity index (χ4v) is 2.94. The van der Waals surface area contributed by atoms with Crippen LogP contribution in [0.2, 0.25) is 0 Å². The van der Waals surface area contributed by atoms with Gasteiger partial charge in [0.2, 0.25) is 0 Å². The summed E-state index contributed by atoms with van der Waals surface area (Å²) >= 11 is 1.68. The Labute approximate surface area is 116 Å². The Balaban J connectivity index is 2.02. The Bertz CT molecular complexity index is 674. The van der Waals surface area contributed by atoms with Gasteiger partial charge in [-0.25, -0.2) is 4.98 Å². The SMILES string of the molecule is CCc1ccncc1-c1nc(-c2ccccc2)cs1. The lowest BCUT2D eigenvalue weighted by Crippen LogP contribution is -1.88. The largest absolute Gasteiger partial charge is 0.264 e. The Morgan fingerprint density at radius 2 is 1.95 bits per heavy atom. The molecule has 0 aliphatic carbocycles. The molecule has 94 valence electrons. The number of nitrogens with zero attached hydrogens (tertiary/aromatic N) is 2. The maximum Gasteiger partial charge on any atom is 0.125 e. The van der Waals surface area contributed by atoms with Crippen molar-refractivity contribution < 1.29 is 0 Å². The number of hydrogen-bond donors (Lipinski definition) is 0. The Morgan fingerprint density at radius 3 is 2.74 bits per heavy atom. The standard InChI is InChI=1S/C16H14N2S/c1-2-12-8-9-17-10-14(12)16-18-15(11-19-16)13-6-4-3-5-7-13/h3-11H,2H2,1H3. The molecule has 2 heterocycles. The molecule has 0 aliphatic heterocycles. The van der Waals surface area contributed by atoms with Crippen LogP contribution in [-0.2, 0) is 6.42 Å². The van der Waals surface area contributed by atoms with E-state index in [2.05, 4.69) is 35.5 Å². The van der Waals surface area contributed by atoms with Gasteiger partial charge in [0.1, 0.15) is 5.01 Å². The van der Waals surface area contributed by atoms with Crippen LogP contribution in [0.4, 0.5) is 0 Å². The van der Waals surface area contributed by atoms with Gasteiger partial charge in [0.05, 0.1) is 5.69 Å². The summed E-state index contributed by atoms with van der Waals surface area (Å²) in [5, 5.41) is 3.15. The van der Waals surface area contributed by atoms with Gasteiger partial charge in [0.25, 0.3) is 0 Å². The molecule has 3 rings (SSSR count). The zero-order chi connectivity index (χ0) is 13.1. The molecule has 0 saturated carbocycles. The van der Waals surface area contributed by atoms with E-state index in [0.29, 0.717) is 0 Å². The second-order valence-corrected chi connectivity index (χ2v) is 5.15. The van der Waals surface area contributed by atoms with Crippen molar-refractivity contribution in [3.05, 3.63) is 59.7 Å². The van der Waals surface area contributed by atoms with Crippen molar-refractivity contribution in [3.8, 4) is 21.8 Å². The lowest BCUT2D eigenvalue weighted by molar-refractivity contribution is 1.12. The fraction of sp³-hybridized carbons (Fsp3) is 0.125. The number of thiazole rings is 1. The minimum absolute atomic E-state index is 0.998. The van der Waals surface area contributed by atoms with Gasteiger partial charge in [-0.15, -0.1) is 11.3 Å². The lowest BCUT2D eigenvalue weighted by atomic mass is 10.1. The van der Waals surface area contributed by atoms with Crippen LogP contribution in [-0.4, -0.2) is 9.97 Å². The van der Waals surface area contributed by atoms with E-state index in [1.54, 1.807) is 11.3 Å². The van der Waals surface area contributed by atoms with E-state index in [1.807, 2.05) is 30.6 Å². The van der Waals surface area contributed by atoms with Crippen molar-refractivity contribution in [2.75, 3.05) is 0 Å². The zero-order valence-corrected chi connectivity index (χ0v) is 11.5. The first-order valence-corrected chi connectivity index (χ1v) is 7.20. The summed E-state index contributed by atoms with van der Waals surface area (Å²) in [6.45, 7) is 2.16. The topological polar surface area (TPSA) is 25.8 Å². The number of hydrogen-bond acceptors (Lipinski definition) is 3. The molecular weight excluding hydrogens is 252 g/mol. The minimum atomic E-state index is 0.998. The van der Waals surface area contributed by atoms with Crippen LogP contribution in [0, 0.1) is 0 Å². The third-order valence-corrected chi connectivity index (χ3v) is 3.97. The van der Waals surface area contributed by atoms with Gasteiger partial charge in [0.15, 0.2) is 0 Å². The molecule has 0 aliphatic rings. The van der Waals surface area contributed by atoms with Crippen LogP contribution < -0.4 is 0 Å². The van der Waals surface area contributed by atoms with Crippen LogP contribution in [0.5, 0.6) is 0 Å². The zero-order valence-electron chi connectivity index (χ0n) is 10.7. The van der Waals surface area contributed by atoms with Crippen molar-refractivity contribution in [1.29, 1.82) is 0 Å². The van der Waals surface area contributed by atoms with Crippen molar-refractivity contribution >= 4 is 11.3 Å². The highest BCUT2D eigenvalue weighted by molar-refractivity contribution is 7.13. The van der Waals surface area contributed by atoms with Crippen molar-refractivity contribution in [2.24, 2.45) is 0 Å². The maximum absolute atomic E-state index is 4.74. The second-order valence-electron chi connectivity index (χ2n) is 4.29. The molecule has 3 aromatic rings. The monoisotopic (exact) mass is 266 g/mol. The summed E-state index contributed by atoms with van der Waals surface area (Å²) in [5.41, 5.74) is 4.64. The summed E-state index contributed by atoms with van der Waals surface area (Å²) in [4.78, 5) is 8.96. The average molecular weight is 266 g/mol. The number of aromatic nitrogens is 2. The molecule has 2 aromatic heterocycles. The van der Waals surface area contributed by atoms with Crippen LogP contribution >= 0.6 is 11.3 Å². The Kier molecular flexibility index (Phi) is 3.38. The van der Waals surface area contributed by atoms with Gasteiger partial charge in [-0.2, -0.15) is 0 Å². The molecule has 0 bridgehead atoms. The highest BCUT2D eigenvalue weighted by Gasteiger charge is 2.09. The molecule has 3 heteroatoms. The van der Waals surface area contributed by atoms with Gasteiger partial charge in [-0.05, 0) is 18.1 Å². The predicted molar refractivity (Wildman–Crippen MR) is 80.2 cm³/mol. The molecule has 0 amide bonds. The predicted octanol–water partition coefficient (Wildman–Crippen LogP) is 4.43. The van der Waals surface area contributed by atoms with Gasteiger partial charge in [-0.1, -0.05) is 37.3 Å². The van der Waals surface area contributed by atoms with Crippen LogP contribution in [0.1, 0.15) is 12.5 Å². The third kappa shape index (κ3) is 2.42. The number of benzene rings is 1. The van der Waals surface area contributed by atoms with E-state index in [9.17, 15) is 0 Å². The first-order valence-electron chi connectivity index (χ1n) is 6.32. The number of pyridine rings is 1. The number of rotatable bonds is 3. The summed E-state index contributed by atoms with van der Waals surface area (Å²) in [5.74, 6) is 0. The third-order valence-electron chi connectivity index (χ3n) is 3.10. The van der Waals surface area contributed by atoms with E-state index < -0.39 is 0 Å². The highest BCUT2D eigenvalue weighted by atomic mass is 32.1. The van der Waals surface area contributed by atoms with Crippen molar-refractivity contribution in [3.63, 3.8) is 0 Å². The molecule has 0 atom stereocenters. The van der Waals surface area contributed by atoms with Crippen LogP contribution in [0.3, 0.4) is 0 Å². The Hall–Kier alpha value is -2.00. The molecule has 0 saturated heterocycles. The fourth-order valence-electron chi connectivity index (χ4n) is 2.06. The van der Waals surface area contributed by atoms with Crippen LogP contribution in [0.25, 0.3) is 21.8 Å². The molecule has 0 spiro atoms. The first-order chi connectivity index (χ1) is 9.38. The van der Waals surface area contributed by atoms with Crippen LogP contribution in [0.15, 0.2) is 54.2 Å². The van der Waals surface area contributed by atoms with Gasteiger partial charge >= 0.3 is 0 Å². The van der Waals surface area contributed by atoms with E-state index in [0.717, 1.165) is 28.2 Å². The molecular formula is C16H14N2S. The van der Waals surface area contributed by atoms with E-state index in [1.165, 1.54) is 5.56 Å². The highest BCUT2D eigenvalue weighted by Crippen LogP contribution is 2.30. The quantitative estimate of drug-likeness (QED) is 0.700. The minimum Gasteiger partial charge on any atom is -0.264 e. The van der Waals surface area contributed by atoms with Gasteiger partial charge < -0.3 is 0 Å². The molecule has 0 fully saturated rings. The lowest BCUT2D eigenvalue weighted by Gasteiger charge is -2.02. The molecule has 0 radical (unpaired) electrons. The first kappa shape index (κ1) is 12.1. The summed E-state index contributed by atoms with van der Waals surface area (Å²) in [6.07, 6.45) is 4.75. The molecule has 0 N–H and O–H groups in total. The van der Waals surface area contributed by atoms with Gasteiger partial charge in [0, 0.05) is 28.9 Å². The number of aryl methyl sites for hydroxylation is 1. The smallest absolute Gasteiger partial charge is 0.125 e. The summed E-state index contributed by atoms with van der Waals surface area (Å²) in [7, 11) is 0. The van der Waals surface area contributed by atoms with Crippen molar-refractivity contribution in [2.45, 2.75) is 13.3 Å². The van der Waals surface area contributed by atoms with E-state index >= 15 is 0 Å². The molecule has 19 heavy (non-hydrogen) atoms. The van der Waals surface area contributed by atoms with Gasteiger partial charge in [-0.3, -0.25) is 4.98 Å². The average Bonchev–Trinajstić information content (AvgIpc) is 2.98. The summed E-state index contributed by atoms with van der Waals surface area (Å²) in [6, 6.07) is 12.3. The molecule has 1 aromatic carbocycles. The van der Waals surface area contributed by atoms with Crippen molar-refractivity contribution in [1.82, 2.24) is 9.97 Å². The summed E-state index contributed by atoms with van der Waals surface area (Å²) < 4.78 is 0. The maximum atomic E-state index is 4.74.